The van der Waals surface area contributed by atoms with Crippen LogP contribution in [-0.2, 0) is 0 Å². The molecule has 1 rings (SSSR count). The van der Waals surface area contributed by atoms with Gasteiger partial charge >= 0.3 is 0 Å². The van der Waals surface area contributed by atoms with Gasteiger partial charge in [-0.05, 0) is 0 Å². The van der Waals surface area contributed by atoms with Crippen molar-refractivity contribution in [3.8, 4) is 0 Å². The number of hydrogen-bond donors (Lipinski definition) is 0. The molecule has 0 aliphatic rings. The van der Waals surface area contributed by atoms with Gasteiger partial charge in [0.25, 0.3) is 0 Å². The molecule has 0 aromatic heterocycles. The van der Waals surface area contributed by atoms with Gasteiger partial charge in [0.05, 0.1) is 0 Å². The zero-order chi connectivity index (χ0) is 5.11. The smallest absolute Gasteiger partial charge is 0.0384 e. The van der Waals surface area contributed by atoms with Crippen molar-refractivity contribution in [1.29, 1.82) is 0 Å². The molecular formula is C6H8CeSi. The van der Waals surface area contributed by atoms with Crippen molar-refractivity contribution in [1.82, 2.24) is 0 Å². The van der Waals surface area contributed by atoms with E-state index in [1.165, 1.54) is 15.4 Å². The van der Waals surface area contributed by atoms with Crippen LogP contribution in [0.4, 0.5) is 0 Å². The molecule has 0 spiro atoms. The fourth-order valence-corrected chi connectivity index (χ4v) is 0.919. The first-order valence-corrected chi connectivity index (χ1v) is 3.41. The summed E-state index contributed by atoms with van der Waals surface area (Å²) in [5.74, 6) is 0. The van der Waals surface area contributed by atoms with Crippen LogP contribution in [0.3, 0.4) is 0 Å². The van der Waals surface area contributed by atoms with Crippen LogP contribution in [0, 0.1) is 41.7 Å². The fourth-order valence-electron chi connectivity index (χ4n) is 0.534. The van der Waals surface area contributed by atoms with Gasteiger partial charge in [0.1, 0.15) is 0 Å². The quantitative estimate of drug-likeness (QED) is 0.552. The average molecular weight is 248 g/mol. The molecule has 40 valence electrons. The molecular weight excluding hydrogens is 240 g/mol. The Labute approximate surface area is 86.5 Å². The summed E-state index contributed by atoms with van der Waals surface area (Å²) in [6, 6.07) is 10.5. The topological polar surface area (TPSA) is 0 Å². The molecule has 0 aliphatic heterocycles. The van der Waals surface area contributed by atoms with E-state index in [-0.39, 0.29) is 41.7 Å². The van der Waals surface area contributed by atoms with E-state index in [0.29, 0.717) is 0 Å². The molecule has 2 heteroatoms. The van der Waals surface area contributed by atoms with Crippen molar-refractivity contribution in [2.75, 3.05) is 0 Å². The molecule has 0 heterocycles. The molecule has 0 bridgehead atoms. The third-order valence-electron chi connectivity index (χ3n) is 0.940. The minimum Gasteiger partial charge on any atom is -0.0708 e. The maximum absolute atomic E-state index is 2.15. The zero-order valence-corrected chi connectivity index (χ0v) is 10.0. The molecule has 0 radical (unpaired) electrons. The minimum absolute atomic E-state index is 0. The van der Waals surface area contributed by atoms with Gasteiger partial charge in [0, 0.05) is 52.0 Å². The van der Waals surface area contributed by atoms with Crippen molar-refractivity contribution >= 4 is 15.4 Å². The first-order chi connectivity index (χ1) is 3.39. The Kier molecular flexibility index (Phi) is 5.14. The summed E-state index contributed by atoms with van der Waals surface area (Å²) in [6.45, 7) is 0. The Morgan fingerprint density at radius 1 is 1.00 bits per heavy atom. The van der Waals surface area contributed by atoms with Gasteiger partial charge in [0.15, 0.2) is 0 Å². The maximum atomic E-state index is 2.15. The largest absolute Gasteiger partial charge is 0.0708 e. The Bertz CT molecular complexity index is 138. The maximum Gasteiger partial charge on any atom is 0.0384 e. The van der Waals surface area contributed by atoms with Gasteiger partial charge in [-0.25, -0.2) is 0 Å². The van der Waals surface area contributed by atoms with E-state index >= 15 is 0 Å². The van der Waals surface area contributed by atoms with Gasteiger partial charge in [-0.1, -0.05) is 35.5 Å². The molecule has 0 nitrogen and oxygen atoms in total. The van der Waals surface area contributed by atoms with Crippen LogP contribution in [0.5, 0.6) is 0 Å². The second kappa shape index (κ2) is 4.67. The van der Waals surface area contributed by atoms with Crippen LogP contribution >= 0.6 is 0 Å². The standard InChI is InChI=1S/C6H8Si.Ce/c7-6-4-2-1-3-5-6;/h1-5H,7H3;. The van der Waals surface area contributed by atoms with Crippen LogP contribution < -0.4 is 5.19 Å². The summed E-state index contributed by atoms with van der Waals surface area (Å²) in [5, 5.41) is 1.46. The van der Waals surface area contributed by atoms with Crippen molar-refractivity contribution in [3.63, 3.8) is 0 Å². The predicted molar refractivity (Wildman–Crippen MR) is 36.0 cm³/mol. The zero-order valence-electron chi connectivity index (χ0n) is 4.89. The minimum atomic E-state index is 0. The van der Waals surface area contributed by atoms with Crippen LogP contribution in [0.2, 0.25) is 0 Å². The van der Waals surface area contributed by atoms with E-state index in [9.17, 15) is 0 Å². The van der Waals surface area contributed by atoms with Crippen molar-refractivity contribution in [2.24, 2.45) is 0 Å². The average Bonchev–Trinajstić information content (AvgIpc) is 1.69. The Morgan fingerprint density at radius 3 is 1.75 bits per heavy atom. The summed E-state index contributed by atoms with van der Waals surface area (Å²) in [7, 11) is 1.17. The molecule has 8 heavy (non-hydrogen) atoms. The third-order valence-corrected chi connectivity index (χ3v) is 1.61. The monoisotopic (exact) mass is 248 g/mol. The van der Waals surface area contributed by atoms with Crippen molar-refractivity contribution in [2.45, 2.75) is 0 Å². The Hall–Kier alpha value is 0.814. The first-order valence-electron chi connectivity index (χ1n) is 2.41. The van der Waals surface area contributed by atoms with Crippen molar-refractivity contribution in [3.05, 3.63) is 30.3 Å². The molecule has 0 fully saturated rings. The van der Waals surface area contributed by atoms with Crippen LogP contribution in [0.1, 0.15) is 0 Å². The predicted octanol–water partition coefficient (Wildman–Crippen LogP) is -0.323. The summed E-state index contributed by atoms with van der Waals surface area (Å²) >= 11 is 0. The van der Waals surface area contributed by atoms with Crippen LogP contribution in [0.15, 0.2) is 30.3 Å². The van der Waals surface area contributed by atoms with E-state index in [1.54, 1.807) is 0 Å². The molecule has 0 aliphatic carbocycles. The van der Waals surface area contributed by atoms with E-state index in [2.05, 4.69) is 24.3 Å². The molecule has 0 atom stereocenters. The molecule has 0 saturated heterocycles. The van der Waals surface area contributed by atoms with E-state index in [1.807, 2.05) is 6.07 Å². The van der Waals surface area contributed by atoms with Gasteiger partial charge in [-0.2, -0.15) is 0 Å². The van der Waals surface area contributed by atoms with E-state index in [4.69, 9.17) is 0 Å². The fraction of sp³-hybridized carbons (Fsp3) is 0. The summed E-state index contributed by atoms with van der Waals surface area (Å²) < 4.78 is 0. The van der Waals surface area contributed by atoms with Crippen molar-refractivity contribution < 1.29 is 41.7 Å². The van der Waals surface area contributed by atoms with E-state index in [0.717, 1.165) is 0 Å². The normalized spacial score (nSPS) is 8.00. The molecule has 0 amide bonds. The summed E-state index contributed by atoms with van der Waals surface area (Å²) in [6.07, 6.45) is 0. The van der Waals surface area contributed by atoms with Gasteiger partial charge in [-0.3, -0.25) is 0 Å². The first kappa shape index (κ1) is 8.81. The Morgan fingerprint density at radius 2 is 1.50 bits per heavy atom. The van der Waals surface area contributed by atoms with Gasteiger partial charge in [-0.15, -0.1) is 0 Å². The second-order valence-electron chi connectivity index (χ2n) is 1.65. The molecule has 0 N–H and O–H groups in total. The number of rotatable bonds is 0. The molecule has 1 aromatic rings. The van der Waals surface area contributed by atoms with Crippen LogP contribution in [-0.4, -0.2) is 10.2 Å². The SMILES string of the molecule is [Ce].[SiH3]c1ccccc1. The second-order valence-corrected chi connectivity index (χ2v) is 2.81. The molecule has 0 unspecified atom stereocenters. The Balaban J connectivity index is 0.000000490. The van der Waals surface area contributed by atoms with Crippen LogP contribution in [0.25, 0.3) is 0 Å². The summed E-state index contributed by atoms with van der Waals surface area (Å²) in [4.78, 5) is 0. The number of benzene rings is 1. The van der Waals surface area contributed by atoms with E-state index < -0.39 is 0 Å². The summed E-state index contributed by atoms with van der Waals surface area (Å²) in [5.41, 5.74) is 0. The van der Waals surface area contributed by atoms with Gasteiger partial charge < -0.3 is 0 Å². The van der Waals surface area contributed by atoms with Gasteiger partial charge in [0.2, 0.25) is 0 Å². The number of hydrogen-bond acceptors (Lipinski definition) is 0. The third kappa shape index (κ3) is 2.96. The molecule has 1 aromatic carbocycles. The molecule has 0 saturated carbocycles.